The molecular formula is C32H33F2N5O. The maximum Gasteiger partial charge on any atom is 0.138 e. The Morgan fingerprint density at radius 3 is 2.05 bits per heavy atom. The number of nitrogens with zero attached hydrogens (tertiary/aromatic N) is 4. The summed E-state index contributed by atoms with van der Waals surface area (Å²) in [5, 5.41) is 9.55. The largest absolute Gasteiger partial charge is 0.508 e. The molecule has 40 heavy (non-hydrogen) atoms. The van der Waals surface area contributed by atoms with Gasteiger partial charge < -0.3 is 19.9 Å². The van der Waals surface area contributed by atoms with E-state index in [4.69, 9.17) is 4.98 Å². The Bertz CT molecular complexity index is 1400. The second-order valence-electron chi connectivity index (χ2n) is 10.5. The summed E-state index contributed by atoms with van der Waals surface area (Å²) in [7, 11) is 0. The number of imidazole rings is 1. The van der Waals surface area contributed by atoms with Gasteiger partial charge in [-0.3, -0.25) is 4.90 Å². The van der Waals surface area contributed by atoms with Crippen LogP contribution >= 0.6 is 0 Å². The van der Waals surface area contributed by atoms with Gasteiger partial charge in [-0.2, -0.15) is 0 Å². The van der Waals surface area contributed by atoms with Gasteiger partial charge in [-0.05, 0) is 78.7 Å². The Balaban J connectivity index is 1.01. The fourth-order valence-electron chi connectivity index (χ4n) is 5.67. The lowest BCUT2D eigenvalue weighted by atomic mass is 9.96. The fraction of sp³-hybridized carbons (Fsp3) is 0.281. The lowest BCUT2D eigenvalue weighted by Gasteiger charge is -2.40. The van der Waals surface area contributed by atoms with E-state index in [9.17, 15) is 13.9 Å². The summed E-state index contributed by atoms with van der Waals surface area (Å²) >= 11 is 0. The summed E-state index contributed by atoms with van der Waals surface area (Å²) in [6.45, 7) is 6.45. The van der Waals surface area contributed by atoms with Gasteiger partial charge in [0, 0.05) is 44.5 Å². The van der Waals surface area contributed by atoms with Gasteiger partial charge in [-0.25, -0.2) is 13.8 Å². The molecule has 0 saturated carbocycles. The molecule has 0 atom stereocenters. The Kier molecular flexibility index (Phi) is 7.62. The van der Waals surface area contributed by atoms with Crippen molar-refractivity contribution in [3.05, 3.63) is 113 Å². The van der Waals surface area contributed by atoms with E-state index in [2.05, 4.69) is 32.0 Å². The summed E-state index contributed by atoms with van der Waals surface area (Å²) in [5.41, 5.74) is 5.06. The molecule has 4 aromatic rings. The number of hydrogen-bond acceptors (Lipinski definition) is 5. The van der Waals surface area contributed by atoms with Crippen molar-refractivity contribution in [3.8, 4) is 17.1 Å². The van der Waals surface area contributed by atoms with Crippen LogP contribution < -0.4 is 0 Å². The minimum Gasteiger partial charge on any atom is -0.508 e. The van der Waals surface area contributed by atoms with Crippen LogP contribution in [-0.2, 0) is 6.54 Å². The number of H-pyrrole nitrogens is 1. The monoisotopic (exact) mass is 541 g/mol. The van der Waals surface area contributed by atoms with Crippen molar-refractivity contribution in [1.29, 1.82) is 0 Å². The van der Waals surface area contributed by atoms with E-state index in [0.29, 0.717) is 0 Å². The molecule has 1 aromatic heterocycles. The molecule has 0 unspecified atom stereocenters. The Labute approximate surface area is 233 Å². The summed E-state index contributed by atoms with van der Waals surface area (Å²) in [6, 6.07) is 20.4. The highest BCUT2D eigenvalue weighted by Gasteiger charge is 2.26. The molecule has 8 heteroatoms. The molecule has 2 aliphatic rings. The standard InChI is InChI=1S/C32H33F2N5O/c33-26-8-2-23(3-9-26)31(24-4-10-27(34)11-5-24)39-20-18-37(19-21-39)15-1-16-38-17-14-29-30(22-38)36-32(35-29)25-6-12-28(40)13-7-25/h2-14,17,31,40H,1,15-16,18-22H2,(H,35,36). The van der Waals surface area contributed by atoms with Crippen LogP contribution in [0.5, 0.6) is 5.75 Å². The Morgan fingerprint density at radius 1 is 0.800 bits per heavy atom. The van der Waals surface area contributed by atoms with Gasteiger partial charge in [0.1, 0.15) is 23.2 Å². The fourth-order valence-corrected chi connectivity index (χ4v) is 5.67. The van der Waals surface area contributed by atoms with E-state index in [1.165, 1.54) is 24.3 Å². The zero-order chi connectivity index (χ0) is 27.5. The number of phenols is 1. The molecular weight excluding hydrogens is 508 g/mol. The minimum atomic E-state index is -0.253. The average Bonchev–Trinajstić information content (AvgIpc) is 3.40. The molecule has 0 radical (unpaired) electrons. The van der Waals surface area contributed by atoms with Gasteiger partial charge in [-0.1, -0.05) is 24.3 Å². The van der Waals surface area contributed by atoms with Gasteiger partial charge >= 0.3 is 0 Å². The van der Waals surface area contributed by atoms with Crippen molar-refractivity contribution in [3.63, 3.8) is 0 Å². The number of halogens is 2. The topological polar surface area (TPSA) is 58.6 Å². The van der Waals surface area contributed by atoms with Crippen LogP contribution in [0.2, 0.25) is 0 Å². The molecule has 6 nitrogen and oxygen atoms in total. The van der Waals surface area contributed by atoms with E-state index < -0.39 is 0 Å². The molecule has 0 amide bonds. The van der Waals surface area contributed by atoms with Crippen LogP contribution in [0.3, 0.4) is 0 Å². The molecule has 2 N–H and O–H groups in total. The number of benzene rings is 3. The second kappa shape index (κ2) is 11.6. The number of hydrogen-bond donors (Lipinski definition) is 2. The first-order valence-corrected chi connectivity index (χ1v) is 13.8. The molecule has 6 rings (SSSR count). The zero-order valence-electron chi connectivity index (χ0n) is 22.3. The van der Waals surface area contributed by atoms with Crippen molar-refractivity contribution in [2.45, 2.75) is 19.0 Å². The van der Waals surface area contributed by atoms with Crippen LogP contribution in [0.15, 0.2) is 79.0 Å². The molecule has 3 heterocycles. The Hall–Kier alpha value is -4.01. The van der Waals surface area contributed by atoms with Crippen molar-refractivity contribution >= 4 is 6.08 Å². The number of rotatable bonds is 8. The first-order valence-electron chi connectivity index (χ1n) is 13.8. The summed E-state index contributed by atoms with van der Waals surface area (Å²) in [6.07, 6.45) is 5.23. The van der Waals surface area contributed by atoms with Crippen LogP contribution in [0.25, 0.3) is 17.5 Å². The SMILES string of the molecule is Oc1ccc(-c2nc3c([nH]2)CN(CCCN2CCN(C(c4ccc(F)cc4)c4ccc(F)cc4)CC2)C=C3)cc1. The molecule has 0 aliphatic carbocycles. The van der Waals surface area contributed by atoms with Gasteiger partial charge in [0.25, 0.3) is 0 Å². The normalized spacial score (nSPS) is 16.0. The first kappa shape index (κ1) is 26.2. The summed E-state index contributed by atoms with van der Waals surface area (Å²) in [5.74, 6) is 0.551. The molecule has 0 bridgehead atoms. The van der Waals surface area contributed by atoms with Gasteiger partial charge in [0.15, 0.2) is 0 Å². The van der Waals surface area contributed by atoms with Gasteiger partial charge in [0.2, 0.25) is 0 Å². The summed E-state index contributed by atoms with van der Waals surface area (Å²) < 4.78 is 27.2. The maximum atomic E-state index is 13.6. The van der Waals surface area contributed by atoms with E-state index >= 15 is 0 Å². The van der Waals surface area contributed by atoms with E-state index in [-0.39, 0.29) is 23.4 Å². The number of nitrogens with one attached hydrogen (secondary N) is 1. The van der Waals surface area contributed by atoms with E-state index in [1.54, 1.807) is 12.1 Å². The van der Waals surface area contributed by atoms with E-state index in [1.807, 2.05) is 36.4 Å². The third kappa shape index (κ3) is 5.93. The predicted octanol–water partition coefficient (Wildman–Crippen LogP) is 5.64. The molecule has 2 aliphatic heterocycles. The van der Waals surface area contributed by atoms with Crippen molar-refractivity contribution in [2.75, 3.05) is 39.3 Å². The molecule has 1 saturated heterocycles. The number of aromatic nitrogens is 2. The lowest BCUT2D eigenvalue weighted by molar-refractivity contribution is 0.106. The molecule has 1 fully saturated rings. The summed E-state index contributed by atoms with van der Waals surface area (Å²) in [4.78, 5) is 15.4. The highest BCUT2D eigenvalue weighted by Crippen LogP contribution is 2.30. The average molecular weight is 542 g/mol. The number of aromatic hydroxyl groups is 1. The maximum absolute atomic E-state index is 13.6. The number of piperazine rings is 1. The van der Waals surface area contributed by atoms with Crippen molar-refractivity contribution in [2.24, 2.45) is 0 Å². The van der Waals surface area contributed by atoms with Crippen molar-refractivity contribution < 1.29 is 13.9 Å². The van der Waals surface area contributed by atoms with Crippen LogP contribution in [-0.4, -0.2) is 69.0 Å². The molecule has 3 aromatic carbocycles. The zero-order valence-corrected chi connectivity index (χ0v) is 22.3. The lowest BCUT2D eigenvalue weighted by Crippen LogP contribution is -2.48. The number of fused-ring (bicyclic) bond motifs is 1. The highest BCUT2D eigenvalue weighted by molar-refractivity contribution is 5.61. The van der Waals surface area contributed by atoms with Crippen molar-refractivity contribution in [1.82, 2.24) is 24.7 Å². The minimum absolute atomic E-state index is 0.0306. The van der Waals surface area contributed by atoms with Crippen LogP contribution in [0, 0.1) is 11.6 Å². The van der Waals surface area contributed by atoms with Gasteiger partial charge in [0.05, 0.1) is 24.0 Å². The molecule has 0 spiro atoms. The third-order valence-corrected chi connectivity index (χ3v) is 7.82. The van der Waals surface area contributed by atoms with E-state index in [0.717, 1.165) is 86.1 Å². The molecule has 206 valence electrons. The number of phenolic OH excluding ortho intramolecular Hbond substituents is 1. The van der Waals surface area contributed by atoms with Crippen LogP contribution in [0.1, 0.15) is 35.0 Å². The third-order valence-electron chi connectivity index (χ3n) is 7.82. The predicted molar refractivity (Wildman–Crippen MR) is 152 cm³/mol. The number of aromatic amines is 1. The first-order chi connectivity index (χ1) is 19.5. The van der Waals surface area contributed by atoms with Gasteiger partial charge in [-0.15, -0.1) is 0 Å². The Morgan fingerprint density at radius 2 is 1.43 bits per heavy atom. The van der Waals surface area contributed by atoms with Crippen LogP contribution in [0.4, 0.5) is 8.78 Å². The second-order valence-corrected chi connectivity index (χ2v) is 10.5. The smallest absolute Gasteiger partial charge is 0.138 e. The highest BCUT2D eigenvalue weighted by atomic mass is 19.1. The quantitative estimate of drug-likeness (QED) is 0.302.